The molecule has 2 nitrogen and oxygen atoms in total. The third-order valence-corrected chi connectivity index (χ3v) is 1.77. The molecule has 51 valence electrons. The van der Waals surface area contributed by atoms with Crippen LogP contribution in [0.2, 0.25) is 0 Å². The van der Waals surface area contributed by atoms with Gasteiger partial charge in [0.15, 0.2) is 0 Å². The van der Waals surface area contributed by atoms with Crippen LogP contribution in [0.15, 0.2) is 22.7 Å². The Balaban J connectivity index is 3.15. The van der Waals surface area contributed by atoms with Gasteiger partial charge in [0.05, 0.1) is 5.56 Å². The lowest BCUT2D eigenvalue weighted by Gasteiger charge is -1.95. The summed E-state index contributed by atoms with van der Waals surface area (Å²) in [5.41, 5.74) is 5.49. The molecule has 0 heterocycles. The first-order chi connectivity index (χ1) is 4.72. The Bertz CT molecular complexity index is 260. The van der Waals surface area contributed by atoms with E-state index < -0.39 is 5.91 Å². The fourth-order valence-corrected chi connectivity index (χ4v) is 1.04. The topological polar surface area (TPSA) is 43.1 Å². The Hall–Kier alpha value is -0.830. The molecular formula is C7H5BrNO. The third kappa shape index (κ3) is 1.36. The van der Waals surface area contributed by atoms with Gasteiger partial charge in [0.25, 0.3) is 0 Å². The van der Waals surface area contributed by atoms with Gasteiger partial charge in [-0.15, -0.1) is 0 Å². The smallest absolute Gasteiger partial charge is 0.249 e. The van der Waals surface area contributed by atoms with Gasteiger partial charge in [0, 0.05) is 4.47 Å². The van der Waals surface area contributed by atoms with Gasteiger partial charge in [-0.3, -0.25) is 4.79 Å². The zero-order valence-corrected chi connectivity index (χ0v) is 6.68. The van der Waals surface area contributed by atoms with E-state index in [2.05, 4.69) is 22.0 Å². The van der Waals surface area contributed by atoms with E-state index >= 15 is 0 Å². The molecule has 0 aliphatic rings. The zero-order chi connectivity index (χ0) is 7.56. The first-order valence-corrected chi connectivity index (χ1v) is 3.46. The van der Waals surface area contributed by atoms with Crippen molar-refractivity contribution in [3.8, 4) is 0 Å². The van der Waals surface area contributed by atoms with Gasteiger partial charge in [0.2, 0.25) is 5.91 Å². The van der Waals surface area contributed by atoms with Gasteiger partial charge in [-0.05, 0) is 34.1 Å². The summed E-state index contributed by atoms with van der Waals surface area (Å²) in [6, 6.07) is 7.73. The molecule has 0 saturated heterocycles. The first kappa shape index (κ1) is 7.28. The Kier molecular flexibility index (Phi) is 2.06. The van der Waals surface area contributed by atoms with Gasteiger partial charge in [-0.25, -0.2) is 0 Å². The maximum Gasteiger partial charge on any atom is 0.249 e. The summed E-state index contributed by atoms with van der Waals surface area (Å²) >= 11 is 3.18. The van der Waals surface area contributed by atoms with Crippen molar-refractivity contribution in [2.24, 2.45) is 5.73 Å². The minimum atomic E-state index is -0.441. The second-order valence-corrected chi connectivity index (χ2v) is 2.62. The summed E-state index contributed by atoms with van der Waals surface area (Å²) in [6.45, 7) is 0. The number of hydrogen-bond donors (Lipinski definition) is 1. The van der Waals surface area contributed by atoms with Crippen molar-refractivity contribution in [2.45, 2.75) is 0 Å². The number of nitrogens with two attached hydrogens (primary N) is 1. The average molecular weight is 199 g/mol. The molecule has 3 heteroatoms. The van der Waals surface area contributed by atoms with Gasteiger partial charge < -0.3 is 5.73 Å². The highest BCUT2D eigenvalue weighted by Gasteiger charge is 2.02. The van der Waals surface area contributed by atoms with E-state index in [1.807, 2.05) is 0 Å². The molecule has 1 aromatic rings. The number of benzene rings is 1. The van der Waals surface area contributed by atoms with E-state index in [0.717, 1.165) is 0 Å². The molecule has 1 amide bonds. The van der Waals surface area contributed by atoms with Crippen LogP contribution in [0.25, 0.3) is 0 Å². The third-order valence-electron chi connectivity index (χ3n) is 1.08. The van der Waals surface area contributed by atoms with E-state index in [9.17, 15) is 4.79 Å². The molecule has 2 N–H and O–H groups in total. The molecule has 0 spiro atoms. The lowest BCUT2D eigenvalue weighted by molar-refractivity contribution is 0.0999. The standard InChI is InChI=1S/C7H5BrNO/c8-6-4-2-1-3-5(6)7(9)10/h2-4H,(H2,9,10). The second kappa shape index (κ2) is 2.84. The molecule has 0 bridgehead atoms. The number of amides is 1. The van der Waals surface area contributed by atoms with Gasteiger partial charge in [-0.1, -0.05) is 6.07 Å². The molecule has 0 aromatic heterocycles. The van der Waals surface area contributed by atoms with Crippen LogP contribution in [0.5, 0.6) is 0 Å². The molecule has 1 radical (unpaired) electrons. The van der Waals surface area contributed by atoms with Gasteiger partial charge >= 0.3 is 0 Å². The highest BCUT2D eigenvalue weighted by Crippen LogP contribution is 2.13. The van der Waals surface area contributed by atoms with Crippen LogP contribution in [0.1, 0.15) is 10.4 Å². The van der Waals surface area contributed by atoms with Crippen LogP contribution in [0, 0.1) is 6.07 Å². The minimum Gasteiger partial charge on any atom is -0.366 e. The number of primary amides is 1. The predicted molar refractivity (Wildman–Crippen MR) is 41.5 cm³/mol. The fourth-order valence-electron chi connectivity index (χ4n) is 0.600. The van der Waals surface area contributed by atoms with Crippen LogP contribution in [-0.4, -0.2) is 5.91 Å². The molecule has 10 heavy (non-hydrogen) atoms. The highest BCUT2D eigenvalue weighted by atomic mass is 79.9. The maximum absolute atomic E-state index is 10.6. The second-order valence-electron chi connectivity index (χ2n) is 1.77. The average Bonchev–Trinajstić information content (AvgIpc) is 1.88. The van der Waals surface area contributed by atoms with Crippen molar-refractivity contribution < 1.29 is 4.79 Å². The Morgan fingerprint density at radius 3 is 2.80 bits per heavy atom. The maximum atomic E-state index is 10.6. The summed E-state index contributed by atoms with van der Waals surface area (Å²) in [7, 11) is 0. The van der Waals surface area contributed by atoms with Crippen LogP contribution >= 0.6 is 15.9 Å². The monoisotopic (exact) mass is 198 g/mol. The molecular weight excluding hydrogens is 194 g/mol. The lowest BCUT2D eigenvalue weighted by atomic mass is 10.2. The van der Waals surface area contributed by atoms with E-state index in [4.69, 9.17) is 5.73 Å². The van der Waals surface area contributed by atoms with Crippen molar-refractivity contribution in [1.29, 1.82) is 0 Å². The van der Waals surface area contributed by atoms with E-state index in [0.29, 0.717) is 10.0 Å². The normalized spacial score (nSPS) is 9.30. The Morgan fingerprint density at radius 2 is 2.40 bits per heavy atom. The molecule has 0 saturated carbocycles. The van der Waals surface area contributed by atoms with E-state index in [1.165, 1.54) is 0 Å². The number of hydrogen-bond acceptors (Lipinski definition) is 1. The molecule has 1 aromatic carbocycles. The summed E-state index contributed by atoms with van der Waals surface area (Å²) in [5, 5.41) is 0. The quantitative estimate of drug-likeness (QED) is 0.728. The van der Waals surface area contributed by atoms with E-state index in [-0.39, 0.29) is 0 Å². The van der Waals surface area contributed by atoms with Gasteiger partial charge in [-0.2, -0.15) is 0 Å². The molecule has 1 rings (SSSR count). The summed E-state index contributed by atoms with van der Waals surface area (Å²) in [6.07, 6.45) is 0. The predicted octanol–water partition coefficient (Wildman–Crippen LogP) is 1.35. The lowest BCUT2D eigenvalue weighted by Crippen LogP contribution is -2.11. The van der Waals surface area contributed by atoms with Crippen molar-refractivity contribution in [3.05, 3.63) is 34.3 Å². The number of carbonyl (C=O) groups excluding carboxylic acids is 1. The number of carbonyl (C=O) groups is 1. The van der Waals surface area contributed by atoms with Crippen molar-refractivity contribution >= 4 is 21.8 Å². The molecule has 0 aliphatic heterocycles. The molecule has 0 unspecified atom stereocenters. The SMILES string of the molecule is NC(=O)c1c[c]ccc1Br. The number of halogens is 1. The summed E-state index contributed by atoms with van der Waals surface area (Å²) in [5.74, 6) is -0.441. The summed E-state index contributed by atoms with van der Waals surface area (Å²) < 4.78 is 0.707. The van der Waals surface area contributed by atoms with Crippen LogP contribution in [0.4, 0.5) is 0 Å². The van der Waals surface area contributed by atoms with Crippen LogP contribution in [-0.2, 0) is 0 Å². The zero-order valence-electron chi connectivity index (χ0n) is 5.10. The highest BCUT2D eigenvalue weighted by molar-refractivity contribution is 9.10. The van der Waals surface area contributed by atoms with Crippen molar-refractivity contribution in [1.82, 2.24) is 0 Å². The van der Waals surface area contributed by atoms with Crippen molar-refractivity contribution in [2.75, 3.05) is 0 Å². The van der Waals surface area contributed by atoms with Gasteiger partial charge in [0.1, 0.15) is 0 Å². The Morgan fingerprint density at radius 1 is 1.70 bits per heavy atom. The fraction of sp³-hybridized carbons (Fsp3) is 0. The van der Waals surface area contributed by atoms with Crippen LogP contribution < -0.4 is 5.73 Å². The molecule has 0 aliphatic carbocycles. The molecule has 0 atom stereocenters. The number of rotatable bonds is 1. The Labute approximate surface area is 67.2 Å². The minimum absolute atomic E-state index is 0.441. The summed E-state index contributed by atoms with van der Waals surface area (Å²) in [4.78, 5) is 10.6. The largest absolute Gasteiger partial charge is 0.366 e. The first-order valence-electron chi connectivity index (χ1n) is 2.67. The van der Waals surface area contributed by atoms with Crippen LogP contribution in [0.3, 0.4) is 0 Å². The van der Waals surface area contributed by atoms with E-state index in [1.54, 1.807) is 18.2 Å². The molecule has 0 fully saturated rings. The van der Waals surface area contributed by atoms with Crippen molar-refractivity contribution in [3.63, 3.8) is 0 Å².